The van der Waals surface area contributed by atoms with E-state index >= 15 is 0 Å². The summed E-state index contributed by atoms with van der Waals surface area (Å²) in [6, 6.07) is 4.47. The third-order valence-electron chi connectivity index (χ3n) is 2.35. The van der Waals surface area contributed by atoms with Gasteiger partial charge in [-0.3, -0.25) is 4.79 Å². The van der Waals surface area contributed by atoms with Gasteiger partial charge in [-0.25, -0.2) is 4.39 Å². The summed E-state index contributed by atoms with van der Waals surface area (Å²) in [4.78, 5) is 11.5. The first-order valence-electron chi connectivity index (χ1n) is 5.23. The van der Waals surface area contributed by atoms with Crippen LogP contribution in [0.3, 0.4) is 0 Å². The number of carbonyl (C=O) groups excluding carboxylic acids is 1. The molecule has 0 aliphatic rings. The monoisotopic (exact) mass is 235 g/mol. The lowest BCUT2D eigenvalue weighted by Crippen LogP contribution is -2.19. The molecular formula is C12H14FN3O. The fourth-order valence-electron chi connectivity index (χ4n) is 1.32. The molecule has 0 unspecified atom stereocenters. The van der Waals surface area contributed by atoms with Gasteiger partial charge in [-0.05, 0) is 26.1 Å². The Balaban J connectivity index is 2.87. The van der Waals surface area contributed by atoms with E-state index in [2.05, 4.69) is 10.6 Å². The number of rotatable bonds is 4. The Labute approximate surface area is 99.4 Å². The highest BCUT2D eigenvalue weighted by Crippen LogP contribution is 2.20. The number of hydrogen-bond donors (Lipinski definition) is 2. The number of halogens is 1. The molecule has 5 heteroatoms. The molecule has 0 saturated heterocycles. The van der Waals surface area contributed by atoms with Gasteiger partial charge in [0.05, 0.1) is 11.6 Å². The Morgan fingerprint density at radius 2 is 2.24 bits per heavy atom. The van der Waals surface area contributed by atoms with Gasteiger partial charge in [-0.2, -0.15) is 5.26 Å². The van der Waals surface area contributed by atoms with Crippen LogP contribution in [0.5, 0.6) is 0 Å². The second-order valence-corrected chi connectivity index (χ2v) is 3.64. The lowest BCUT2D eigenvalue weighted by Gasteiger charge is -2.09. The molecule has 0 spiro atoms. The van der Waals surface area contributed by atoms with E-state index in [1.165, 1.54) is 6.07 Å². The van der Waals surface area contributed by atoms with Crippen LogP contribution in [-0.4, -0.2) is 19.5 Å². The Morgan fingerprint density at radius 1 is 1.53 bits per heavy atom. The number of benzene rings is 1. The van der Waals surface area contributed by atoms with Crippen LogP contribution in [0.4, 0.5) is 10.1 Å². The van der Waals surface area contributed by atoms with Crippen LogP contribution in [0.2, 0.25) is 0 Å². The Kier molecular flexibility index (Phi) is 4.61. The highest BCUT2D eigenvalue weighted by Gasteiger charge is 2.09. The molecule has 0 aliphatic carbocycles. The quantitative estimate of drug-likeness (QED) is 0.832. The third-order valence-corrected chi connectivity index (χ3v) is 2.35. The summed E-state index contributed by atoms with van der Waals surface area (Å²) in [6.07, 6.45) is 0.300. The summed E-state index contributed by atoms with van der Waals surface area (Å²) >= 11 is 0. The maximum absolute atomic E-state index is 13.4. The zero-order chi connectivity index (χ0) is 12.8. The van der Waals surface area contributed by atoms with Crippen molar-refractivity contribution in [2.45, 2.75) is 13.3 Å². The SMILES string of the molecule is CNCCC(=O)Nc1cc(C#N)cc(F)c1C. The van der Waals surface area contributed by atoms with E-state index in [4.69, 9.17) is 5.26 Å². The van der Waals surface area contributed by atoms with Crippen molar-refractivity contribution in [2.75, 3.05) is 18.9 Å². The predicted molar refractivity (Wildman–Crippen MR) is 63.0 cm³/mol. The number of nitriles is 1. The van der Waals surface area contributed by atoms with Gasteiger partial charge < -0.3 is 10.6 Å². The van der Waals surface area contributed by atoms with E-state index in [0.717, 1.165) is 6.07 Å². The van der Waals surface area contributed by atoms with Crippen LogP contribution in [-0.2, 0) is 4.79 Å². The van der Waals surface area contributed by atoms with Gasteiger partial charge >= 0.3 is 0 Å². The van der Waals surface area contributed by atoms with Gasteiger partial charge in [0.25, 0.3) is 0 Å². The van der Waals surface area contributed by atoms with Crippen LogP contribution in [0.25, 0.3) is 0 Å². The molecule has 17 heavy (non-hydrogen) atoms. The van der Waals surface area contributed by atoms with Crippen molar-refractivity contribution in [3.63, 3.8) is 0 Å². The molecule has 0 heterocycles. The molecule has 1 rings (SSSR count). The molecule has 0 fully saturated rings. The third kappa shape index (κ3) is 3.54. The largest absolute Gasteiger partial charge is 0.326 e. The first-order chi connectivity index (χ1) is 8.08. The highest BCUT2D eigenvalue weighted by atomic mass is 19.1. The van der Waals surface area contributed by atoms with Crippen molar-refractivity contribution >= 4 is 11.6 Å². The summed E-state index contributed by atoms with van der Waals surface area (Å²) in [6.45, 7) is 2.11. The number of hydrogen-bond acceptors (Lipinski definition) is 3. The topological polar surface area (TPSA) is 64.9 Å². The molecule has 0 radical (unpaired) electrons. The highest BCUT2D eigenvalue weighted by molar-refractivity contribution is 5.91. The maximum atomic E-state index is 13.4. The van der Waals surface area contributed by atoms with Gasteiger partial charge in [0.1, 0.15) is 5.82 Å². The van der Waals surface area contributed by atoms with Crippen molar-refractivity contribution in [2.24, 2.45) is 0 Å². The Bertz CT molecular complexity index is 466. The number of nitrogens with zero attached hydrogens (tertiary/aromatic N) is 1. The molecule has 1 amide bonds. The van der Waals surface area contributed by atoms with Crippen LogP contribution < -0.4 is 10.6 Å². The van der Waals surface area contributed by atoms with E-state index in [0.29, 0.717) is 24.2 Å². The minimum absolute atomic E-state index is 0.192. The lowest BCUT2D eigenvalue weighted by molar-refractivity contribution is -0.116. The van der Waals surface area contributed by atoms with Crippen LogP contribution in [0.1, 0.15) is 17.5 Å². The molecule has 90 valence electrons. The standard InChI is InChI=1S/C12H14FN3O/c1-8-10(13)5-9(7-14)6-11(8)16-12(17)3-4-15-2/h5-6,15H,3-4H2,1-2H3,(H,16,17). The van der Waals surface area contributed by atoms with E-state index in [1.54, 1.807) is 14.0 Å². The Hall–Kier alpha value is -1.93. The minimum Gasteiger partial charge on any atom is -0.326 e. The fourth-order valence-corrected chi connectivity index (χ4v) is 1.32. The smallest absolute Gasteiger partial charge is 0.225 e. The first-order valence-corrected chi connectivity index (χ1v) is 5.23. The summed E-state index contributed by atoms with van der Waals surface area (Å²) in [7, 11) is 1.74. The zero-order valence-electron chi connectivity index (χ0n) is 9.80. The number of carbonyl (C=O) groups is 1. The van der Waals surface area contributed by atoms with E-state index < -0.39 is 5.82 Å². The van der Waals surface area contributed by atoms with E-state index in [9.17, 15) is 9.18 Å². The predicted octanol–water partition coefficient (Wildman–Crippen LogP) is 1.55. The summed E-state index contributed by atoms with van der Waals surface area (Å²) in [5.41, 5.74) is 0.876. The molecule has 1 aromatic carbocycles. The Morgan fingerprint density at radius 3 is 2.82 bits per heavy atom. The molecule has 4 nitrogen and oxygen atoms in total. The number of nitrogens with one attached hydrogen (secondary N) is 2. The van der Waals surface area contributed by atoms with Crippen LogP contribution >= 0.6 is 0 Å². The van der Waals surface area contributed by atoms with Gasteiger partial charge in [0, 0.05) is 24.2 Å². The average Bonchev–Trinajstić information content (AvgIpc) is 2.32. The number of anilines is 1. The normalized spacial score (nSPS) is 9.76. The molecular weight excluding hydrogens is 221 g/mol. The maximum Gasteiger partial charge on any atom is 0.225 e. The summed E-state index contributed by atoms with van der Waals surface area (Å²) < 4.78 is 13.4. The van der Waals surface area contributed by atoms with Gasteiger partial charge in [0.15, 0.2) is 0 Å². The van der Waals surface area contributed by atoms with Crippen LogP contribution in [0.15, 0.2) is 12.1 Å². The minimum atomic E-state index is -0.493. The van der Waals surface area contributed by atoms with E-state index in [-0.39, 0.29) is 11.5 Å². The first kappa shape index (κ1) is 13.1. The fraction of sp³-hybridized carbons (Fsp3) is 0.333. The molecule has 0 saturated carbocycles. The number of amides is 1. The van der Waals surface area contributed by atoms with Crippen molar-refractivity contribution in [1.82, 2.24) is 5.32 Å². The second-order valence-electron chi connectivity index (χ2n) is 3.64. The van der Waals surface area contributed by atoms with E-state index in [1.807, 2.05) is 6.07 Å². The summed E-state index contributed by atoms with van der Waals surface area (Å²) in [5.74, 6) is -0.704. The van der Waals surface area contributed by atoms with Gasteiger partial charge in [-0.15, -0.1) is 0 Å². The van der Waals surface area contributed by atoms with Crippen molar-refractivity contribution in [3.05, 3.63) is 29.1 Å². The zero-order valence-corrected chi connectivity index (χ0v) is 9.80. The molecule has 0 aromatic heterocycles. The molecule has 1 aromatic rings. The van der Waals surface area contributed by atoms with Crippen molar-refractivity contribution in [3.8, 4) is 6.07 Å². The van der Waals surface area contributed by atoms with Crippen molar-refractivity contribution < 1.29 is 9.18 Å². The average molecular weight is 235 g/mol. The molecule has 0 atom stereocenters. The van der Waals surface area contributed by atoms with Crippen molar-refractivity contribution in [1.29, 1.82) is 5.26 Å². The second kappa shape index (κ2) is 5.97. The van der Waals surface area contributed by atoms with Crippen LogP contribution in [0, 0.1) is 24.1 Å². The molecule has 2 N–H and O–H groups in total. The molecule has 0 aliphatic heterocycles. The van der Waals surface area contributed by atoms with Gasteiger partial charge in [-0.1, -0.05) is 0 Å². The van der Waals surface area contributed by atoms with Gasteiger partial charge in [0.2, 0.25) is 5.91 Å². The summed E-state index contributed by atoms with van der Waals surface area (Å²) in [5, 5.41) is 14.1. The lowest BCUT2D eigenvalue weighted by atomic mass is 10.1. The molecule has 0 bridgehead atoms.